The van der Waals surface area contributed by atoms with Gasteiger partial charge in [-0.05, 0) is 100 Å². The molecule has 7 aromatic carbocycles. The Balaban J connectivity index is 0.000000208. The van der Waals surface area contributed by atoms with Crippen LogP contribution in [0.4, 0.5) is 43.9 Å². The Morgan fingerprint density at radius 1 is 0.444 bits per heavy atom. The van der Waals surface area contributed by atoms with E-state index in [-0.39, 0.29) is 10.9 Å². The van der Waals surface area contributed by atoms with Crippen LogP contribution < -0.4 is 0 Å². The van der Waals surface area contributed by atoms with Gasteiger partial charge in [-0.1, -0.05) is 78.5 Å². The van der Waals surface area contributed by atoms with E-state index in [0.717, 1.165) is 0 Å². The average Bonchev–Trinajstić information content (AvgIpc) is 3.25. The zero-order valence-corrected chi connectivity index (χ0v) is 36.4. The SMILES string of the molecule is Ic1ccccc1-c1ccc(Sc2ccc([S+](c3ccccc3)c3ccccc3)cc2)cc1.O=S(=O)(O)c1c(F)c(F)c(F)c(F)c1F.O=S(=O)([O-])c1c(F)c(F)c(F)c(F)c1F. The lowest BCUT2D eigenvalue weighted by Crippen LogP contribution is -2.12. The zero-order chi connectivity index (χ0) is 46.4. The number of rotatable bonds is 8. The van der Waals surface area contributed by atoms with Gasteiger partial charge in [-0.3, -0.25) is 4.55 Å². The van der Waals surface area contributed by atoms with Crippen LogP contribution in [0.15, 0.2) is 168 Å². The normalized spacial score (nSPS) is 11.4. The van der Waals surface area contributed by atoms with Gasteiger partial charge >= 0.3 is 10.1 Å². The van der Waals surface area contributed by atoms with E-state index in [1.807, 2.05) is 11.8 Å². The molecular weight excluding hydrogens is 1050 g/mol. The number of hydrogen-bond donors (Lipinski definition) is 1. The van der Waals surface area contributed by atoms with Crippen molar-refractivity contribution in [3.8, 4) is 11.1 Å². The van der Waals surface area contributed by atoms with E-state index < -0.39 is 88.2 Å². The maximum Gasteiger partial charge on any atom is 0.300 e. The molecular formula is C42H23F10IO6S4. The molecule has 0 saturated heterocycles. The van der Waals surface area contributed by atoms with E-state index in [1.165, 1.54) is 39.2 Å². The van der Waals surface area contributed by atoms with Crippen LogP contribution in [0.1, 0.15) is 0 Å². The van der Waals surface area contributed by atoms with Crippen LogP contribution in [0.3, 0.4) is 0 Å². The molecule has 21 heteroatoms. The fourth-order valence-corrected chi connectivity index (χ4v) is 10.2. The van der Waals surface area contributed by atoms with E-state index in [4.69, 9.17) is 4.55 Å². The lowest BCUT2D eigenvalue weighted by atomic mass is 10.1. The summed E-state index contributed by atoms with van der Waals surface area (Å²) in [6, 6.07) is 48.1. The van der Waals surface area contributed by atoms with Crippen LogP contribution in [0.5, 0.6) is 0 Å². The third kappa shape index (κ3) is 11.6. The predicted molar refractivity (Wildman–Crippen MR) is 220 cm³/mol. The Bertz CT molecular complexity index is 2790. The van der Waals surface area contributed by atoms with Gasteiger partial charge in [0.1, 0.15) is 15.0 Å². The molecule has 0 unspecified atom stereocenters. The van der Waals surface area contributed by atoms with Crippen molar-refractivity contribution in [1.29, 1.82) is 0 Å². The molecule has 0 aliphatic heterocycles. The lowest BCUT2D eigenvalue weighted by Gasteiger charge is -2.10. The van der Waals surface area contributed by atoms with Crippen LogP contribution in [0.25, 0.3) is 11.1 Å². The highest BCUT2D eigenvalue weighted by Gasteiger charge is 2.33. The summed E-state index contributed by atoms with van der Waals surface area (Å²) >= 11 is 4.21. The molecule has 0 aromatic heterocycles. The maximum atomic E-state index is 12.6. The standard InChI is InChI=1S/C30H22IS2.2C6HF5O3S/c31-30-14-8-7-13-29(30)23-15-17-24(18-16-23)32-25-19-21-28(22-20-25)33(26-9-3-1-4-10-26)27-11-5-2-6-12-27;2*7-1-2(8)4(10)6(15(12,13)14)5(11)3(1)9/h1-22H;2*(H,12,13,14)/q+1;;/p-1. The summed E-state index contributed by atoms with van der Waals surface area (Å²) in [6.07, 6.45) is 0. The quantitative estimate of drug-likeness (QED) is 0.0403. The second kappa shape index (κ2) is 20.7. The third-order valence-corrected chi connectivity index (χ3v) is 14.1. The first kappa shape index (κ1) is 49.1. The topological polar surface area (TPSA) is 112 Å². The molecule has 0 atom stereocenters. The summed E-state index contributed by atoms with van der Waals surface area (Å²) in [5.74, 6) is -25.4. The Morgan fingerprint density at radius 3 is 1.16 bits per heavy atom. The molecule has 0 heterocycles. The molecule has 7 rings (SSSR count). The minimum absolute atomic E-state index is 0.106. The number of halogens is 11. The Morgan fingerprint density at radius 2 is 0.778 bits per heavy atom. The summed E-state index contributed by atoms with van der Waals surface area (Å²) in [5.41, 5.74) is 2.54. The highest BCUT2D eigenvalue weighted by atomic mass is 127. The summed E-state index contributed by atoms with van der Waals surface area (Å²) in [6.45, 7) is 0. The maximum absolute atomic E-state index is 12.6. The Labute approximate surface area is 373 Å². The molecule has 0 radical (unpaired) electrons. The van der Waals surface area contributed by atoms with Crippen molar-refractivity contribution in [1.82, 2.24) is 0 Å². The highest BCUT2D eigenvalue weighted by Crippen LogP contribution is 2.35. The second-order valence-electron chi connectivity index (χ2n) is 12.2. The second-order valence-corrected chi connectivity index (χ2v) is 19.2. The molecule has 0 bridgehead atoms. The van der Waals surface area contributed by atoms with Gasteiger partial charge in [-0.2, -0.15) is 8.42 Å². The van der Waals surface area contributed by atoms with Gasteiger partial charge in [0.2, 0.25) is 11.6 Å². The van der Waals surface area contributed by atoms with E-state index in [1.54, 1.807) is 0 Å². The van der Waals surface area contributed by atoms with E-state index >= 15 is 0 Å². The third-order valence-electron chi connectivity index (χ3n) is 8.14. The fraction of sp³-hybridized carbons (Fsp3) is 0. The van der Waals surface area contributed by atoms with Crippen molar-refractivity contribution in [2.45, 2.75) is 34.3 Å². The van der Waals surface area contributed by atoms with Gasteiger partial charge in [-0.25, -0.2) is 52.3 Å². The molecule has 0 amide bonds. The summed E-state index contributed by atoms with van der Waals surface area (Å²) in [4.78, 5) is 1.89. The minimum Gasteiger partial charge on any atom is -0.744 e. The Hall–Kier alpha value is -4.91. The first-order valence-corrected chi connectivity index (χ1v) is 23.0. The summed E-state index contributed by atoms with van der Waals surface area (Å²) in [7, 11) is -11.4. The number of benzene rings is 7. The van der Waals surface area contributed by atoms with Crippen molar-refractivity contribution in [3.63, 3.8) is 0 Å². The van der Waals surface area contributed by atoms with Gasteiger partial charge < -0.3 is 4.55 Å². The van der Waals surface area contributed by atoms with Crippen LogP contribution in [-0.4, -0.2) is 25.9 Å². The molecule has 1 N–H and O–H groups in total. The molecule has 63 heavy (non-hydrogen) atoms. The number of hydrogen-bond acceptors (Lipinski definition) is 6. The molecule has 328 valence electrons. The molecule has 0 aliphatic rings. The van der Waals surface area contributed by atoms with Crippen molar-refractivity contribution in [2.75, 3.05) is 0 Å². The van der Waals surface area contributed by atoms with Crippen LogP contribution in [-0.2, 0) is 31.1 Å². The fourth-order valence-electron chi connectivity index (χ4n) is 5.31. The van der Waals surface area contributed by atoms with Gasteiger partial charge in [0.05, 0.1) is 10.9 Å². The van der Waals surface area contributed by atoms with E-state index in [0.29, 0.717) is 0 Å². The molecule has 0 fully saturated rings. The molecule has 0 aliphatic carbocycles. The van der Waals surface area contributed by atoms with E-state index in [2.05, 4.69) is 156 Å². The molecule has 0 spiro atoms. The van der Waals surface area contributed by atoms with Gasteiger partial charge in [0.25, 0.3) is 0 Å². The smallest absolute Gasteiger partial charge is 0.300 e. The Kier molecular flexibility index (Phi) is 16.2. The van der Waals surface area contributed by atoms with Crippen molar-refractivity contribution in [3.05, 3.63) is 195 Å². The van der Waals surface area contributed by atoms with Crippen molar-refractivity contribution >= 4 is 65.5 Å². The van der Waals surface area contributed by atoms with Gasteiger partial charge in [0.15, 0.2) is 66.1 Å². The summed E-state index contributed by atoms with van der Waals surface area (Å²) in [5, 5.41) is 0. The first-order chi connectivity index (χ1) is 29.6. The summed E-state index contributed by atoms with van der Waals surface area (Å²) < 4.78 is 185. The molecule has 7 aromatic rings. The van der Waals surface area contributed by atoms with Crippen LogP contribution in [0, 0.1) is 61.7 Å². The van der Waals surface area contributed by atoms with Gasteiger partial charge in [-0.15, -0.1) is 0 Å². The molecule has 0 saturated carbocycles. The molecule has 6 nitrogen and oxygen atoms in total. The largest absolute Gasteiger partial charge is 0.744 e. The zero-order valence-electron chi connectivity index (χ0n) is 31.0. The lowest BCUT2D eigenvalue weighted by molar-refractivity contribution is 0.350. The monoisotopic (exact) mass is 1070 g/mol. The van der Waals surface area contributed by atoms with Crippen LogP contribution >= 0.6 is 34.4 Å². The van der Waals surface area contributed by atoms with Crippen molar-refractivity contribution < 1.29 is 69.8 Å². The van der Waals surface area contributed by atoms with Crippen LogP contribution in [0.2, 0.25) is 0 Å². The minimum atomic E-state index is -5.77. The predicted octanol–water partition coefficient (Wildman–Crippen LogP) is 12.1. The van der Waals surface area contributed by atoms with Crippen molar-refractivity contribution in [2.24, 2.45) is 0 Å². The van der Waals surface area contributed by atoms with E-state index in [9.17, 15) is 65.3 Å². The first-order valence-electron chi connectivity index (χ1n) is 17.1. The highest BCUT2D eigenvalue weighted by molar-refractivity contribution is 14.1. The average molecular weight is 1070 g/mol. The van der Waals surface area contributed by atoms with Gasteiger partial charge in [0, 0.05) is 13.4 Å².